The molecule has 0 amide bonds. The first-order chi connectivity index (χ1) is 27.7. The number of nitrogens with zero attached hydrogens (tertiary/aromatic N) is 3. The van der Waals surface area contributed by atoms with E-state index in [0.717, 1.165) is 16.7 Å². The van der Waals surface area contributed by atoms with E-state index in [9.17, 15) is 14.4 Å². The molecular weight excluding hydrogens is 775 g/mol. The molecule has 0 spiro atoms. The van der Waals surface area contributed by atoms with Crippen LogP contribution < -0.4 is 17.1 Å². The van der Waals surface area contributed by atoms with Crippen molar-refractivity contribution in [3.8, 4) is 0 Å². The predicted molar refractivity (Wildman–Crippen MR) is 227 cm³/mol. The Balaban J connectivity index is 1.52. The molecule has 1 heterocycles. The van der Waals surface area contributed by atoms with Crippen LogP contribution in [0.5, 0.6) is 0 Å². The third-order valence-corrected chi connectivity index (χ3v) is 15.3. The second-order valence-corrected chi connectivity index (χ2v) is 18.8. The van der Waals surface area contributed by atoms with E-state index < -0.39 is 44.9 Å². The summed E-state index contributed by atoms with van der Waals surface area (Å²) in [5, 5.41) is 0. The van der Waals surface area contributed by atoms with Crippen LogP contribution in [0.1, 0.15) is 95.8 Å². The van der Waals surface area contributed by atoms with Gasteiger partial charge in [0.1, 0.15) is 0 Å². The predicted octanol–water partition coefficient (Wildman–Crippen LogP) is 7.25. The number of benzene rings is 3. The monoisotopic (exact) mass is 834 g/mol. The smallest absolute Gasteiger partial charge is 0.385 e. The molecule has 12 nitrogen and oxygen atoms in total. The molecule has 4 aromatic rings. The van der Waals surface area contributed by atoms with Gasteiger partial charge in [-0.25, -0.2) is 28.1 Å². The molecule has 0 N–H and O–H groups in total. The van der Waals surface area contributed by atoms with E-state index in [4.69, 9.17) is 26.6 Å². The van der Waals surface area contributed by atoms with Crippen molar-refractivity contribution in [1.82, 2.24) is 13.7 Å². The molecule has 0 aliphatic carbocycles. The van der Waals surface area contributed by atoms with E-state index in [1.165, 1.54) is 13.7 Å². The van der Waals surface area contributed by atoms with Crippen molar-refractivity contribution in [3.05, 3.63) is 139 Å². The second-order valence-electron chi connectivity index (χ2n) is 13.5. The van der Waals surface area contributed by atoms with Gasteiger partial charge in [-0.15, -0.1) is 0 Å². The maximum absolute atomic E-state index is 14.0. The zero-order chi connectivity index (χ0) is 41.0. The van der Waals surface area contributed by atoms with Gasteiger partial charge >= 0.3 is 44.9 Å². The van der Waals surface area contributed by atoms with Crippen LogP contribution in [0.25, 0.3) is 0 Å². The summed E-state index contributed by atoms with van der Waals surface area (Å²) in [4.78, 5) is 42.0. The lowest BCUT2D eigenvalue weighted by Gasteiger charge is -2.21. The third kappa shape index (κ3) is 14.7. The minimum Gasteiger partial charge on any atom is -0.394 e. The van der Waals surface area contributed by atoms with E-state index in [0.29, 0.717) is 57.2 Å². The number of hydrogen-bond acceptors (Lipinski definition) is 9. The van der Waals surface area contributed by atoms with Gasteiger partial charge in [0.25, 0.3) is 0 Å². The van der Waals surface area contributed by atoms with E-state index in [1.54, 1.807) is 0 Å². The molecule has 1 aromatic heterocycles. The van der Waals surface area contributed by atoms with Crippen molar-refractivity contribution < 1.29 is 26.6 Å². The first kappa shape index (κ1) is 46.2. The molecule has 15 heteroatoms. The SMILES string of the molecule is CCO[Si](CCCn1c(=O)n(CCC[Si](OCC)OC(C)c2ccccc2)c(=O)n(CCC[Si](OCC)OC(C)c2ccccc2)c1=O)OC(C)c1ccccc1. The van der Waals surface area contributed by atoms with E-state index in [1.807, 2.05) is 133 Å². The minimum atomic E-state index is -1.72. The van der Waals surface area contributed by atoms with Crippen molar-refractivity contribution in [2.45, 2.75) is 117 Å². The number of hydrogen-bond donors (Lipinski definition) is 0. The maximum atomic E-state index is 14.0. The summed E-state index contributed by atoms with van der Waals surface area (Å²) < 4.78 is 40.7. The number of aromatic nitrogens is 3. The second kappa shape index (κ2) is 25.1. The summed E-state index contributed by atoms with van der Waals surface area (Å²) in [5.74, 6) is 0. The molecule has 0 aliphatic rings. The van der Waals surface area contributed by atoms with Gasteiger partial charge in [0, 0.05) is 39.5 Å². The highest BCUT2D eigenvalue weighted by Crippen LogP contribution is 2.22. The molecule has 3 atom stereocenters. The van der Waals surface area contributed by atoms with Gasteiger partial charge in [0.05, 0.1) is 18.3 Å². The molecule has 0 aliphatic heterocycles. The largest absolute Gasteiger partial charge is 0.394 e. The molecule has 3 unspecified atom stereocenters. The van der Waals surface area contributed by atoms with Crippen molar-refractivity contribution >= 4 is 27.9 Å². The fourth-order valence-electron chi connectivity index (χ4n) is 6.35. The van der Waals surface area contributed by atoms with Crippen LogP contribution in [0.2, 0.25) is 18.1 Å². The Kier molecular flexibility index (Phi) is 20.3. The first-order valence-corrected chi connectivity index (χ1v) is 24.8. The highest BCUT2D eigenvalue weighted by Gasteiger charge is 2.24. The van der Waals surface area contributed by atoms with E-state index in [2.05, 4.69) is 0 Å². The lowest BCUT2D eigenvalue weighted by molar-refractivity contribution is 0.151. The Labute approximate surface area is 342 Å². The molecule has 3 aromatic carbocycles. The van der Waals surface area contributed by atoms with Crippen molar-refractivity contribution in [2.24, 2.45) is 0 Å². The van der Waals surface area contributed by atoms with Gasteiger partial charge < -0.3 is 26.6 Å². The molecular formula is C42H60N3O9Si3. The van der Waals surface area contributed by atoms with Crippen LogP contribution in [0, 0.1) is 0 Å². The summed E-state index contributed by atoms with van der Waals surface area (Å²) >= 11 is 0. The Morgan fingerprint density at radius 1 is 0.439 bits per heavy atom. The van der Waals surface area contributed by atoms with E-state index in [-0.39, 0.29) is 37.9 Å². The Morgan fingerprint density at radius 2 is 0.684 bits per heavy atom. The van der Waals surface area contributed by atoms with Crippen LogP contribution in [0.15, 0.2) is 105 Å². The molecule has 0 saturated heterocycles. The van der Waals surface area contributed by atoms with Crippen molar-refractivity contribution in [2.75, 3.05) is 19.8 Å². The standard InChI is InChI=1S/C42H60N3O9Si3/c1-7-49-55(52-34(4)37-22-13-10-14-23-37)31-19-28-43-40(46)44(29-20-32-56(50-8-2)53-35(5)38-24-15-11-16-25-38)42(48)45(41(43)47)30-21-33-57(51-9-3)54-36(6)39-26-17-12-18-27-39/h10-18,22-27,34-36H,7-9,19-21,28-33H2,1-6H3. The Hall–Kier alpha value is -3.52. The highest BCUT2D eigenvalue weighted by molar-refractivity contribution is 6.45. The molecule has 309 valence electrons. The number of rotatable bonds is 27. The summed E-state index contributed by atoms with van der Waals surface area (Å²) in [6, 6.07) is 31.5. The third-order valence-electron chi connectivity index (χ3n) is 9.32. The first-order valence-electron chi connectivity index (χ1n) is 20.2. The van der Waals surface area contributed by atoms with Crippen molar-refractivity contribution in [1.29, 1.82) is 0 Å². The van der Waals surface area contributed by atoms with Gasteiger partial charge in [-0.1, -0.05) is 91.0 Å². The minimum absolute atomic E-state index is 0.125. The van der Waals surface area contributed by atoms with E-state index >= 15 is 0 Å². The molecule has 3 radical (unpaired) electrons. The van der Waals surface area contributed by atoms with Crippen molar-refractivity contribution in [3.63, 3.8) is 0 Å². The van der Waals surface area contributed by atoms with Crippen LogP contribution >= 0.6 is 0 Å². The van der Waals surface area contributed by atoms with Crippen LogP contribution in [0.3, 0.4) is 0 Å². The topological polar surface area (TPSA) is 121 Å². The zero-order valence-electron chi connectivity index (χ0n) is 34.4. The molecule has 0 fully saturated rings. The van der Waals surface area contributed by atoms with Crippen LogP contribution in [-0.2, 0) is 46.2 Å². The van der Waals surface area contributed by atoms with Gasteiger partial charge in [-0.2, -0.15) is 0 Å². The molecule has 0 bridgehead atoms. The summed E-state index contributed by atoms with van der Waals surface area (Å²) in [6.07, 6.45) is 0.898. The fourth-order valence-corrected chi connectivity index (χ4v) is 11.2. The Morgan fingerprint density at radius 3 is 0.912 bits per heavy atom. The quantitative estimate of drug-likeness (QED) is 0.0573. The summed E-state index contributed by atoms with van der Waals surface area (Å²) in [6.45, 7) is 13.6. The summed E-state index contributed by atoms with van der Waals surface area (Å²) in [7, 11) is -5.17. The zero-order valence-corrected chi connectivity index (χ0v) is 37.4. The lowest BCUT2D eigenvalue weighted by Crippen LogP contribution is -2.54. The van der Waals surface area contributed by atoms with Gasteiger partial charge in [0.2, 0.25) is 0 Å². The molecule has 0 saturated carbocycles. The average molecular weight is 835 g/mol. The molecule has 4 rings (SSSR count). The fraction of sp³-hybridized carbons (Fsp3) is 0.500. The van der Waals surface area contributed by atoms with Gasteiger partial charge in [-0.3, -0.25) is 0 Å². The van der Waals surface area contributed by atoms with Gasteiger partial charge in [-0.05, 0) is 95.6 Å². The lowest BCUT2D eigenvalue weighted by atomic mass is 10.1. The highest BCUT2D eigenvalue weighted by atomic mass is 28.3. The average Bonchev–Trinajstić information content (AvgIpc) is 3.22. The van der Waals surface area contributed by atoms with Crippen LogP contribution in [-0.4, -0.2) is 61.4 Å². The van der Waals surface area contributed by atoms with Crippen LogP contribution in [0.4, 0.5) is 0 Å². The molecule has 57 heavy (non-hydrogen) atoms. The Bertz CT molecular complexity index is 1650. The summed E-state index contributed by atoms with van der Waals surface area (Å²) in [5.41, 5.74) is 1.30. The van der Waals surface area contributed by atoms with Gasteiger partial charge in [0.15, 0.2) is 0 Å². The maximum Gasteiger partial charge on any atom is 0.385 e. The normalized spacial score (nSPS) is 13.4.